The predicted octanol–water partition coefficient (Wildman–Crippen LogP) is 0.680. The Morgan fingerprint density at radius 2 is 1.86 bits per heavy atom. The van der Waals surface area contributed by atoms with Crippen LogP contribution < -0.4 is 10.0 Å². The van der Waals surface area contributed by atoms with Gasteiger partial charge in [-0.05, 0) is 31.7 Å². The number of rotatable bonds is 8. The second-order valence-electron chi connectivity index (χ2n) is 4.72. The minimum atomic E-state index is -3.70. The van der Waals surface area contributed by atoms with Crippen LogP contribution in [0.1, 0.15) is 25.5 Å². The molecular weight excluding hydrogens is 312 g/mol. The van der Waals surface area contributed by atoms with Crippen molar-refractivity contribution in [2.75, 3.05) is 25.1 Å². The van der Waals surface area contributed by atoms with E-state index in [0.717, 1.165) is 5.56 Å². The Morgan fingerprint density at radius 1 is 1.19 bits per heavy atom. The Hall–Kier alpha value is -0.960. The first-order valence-corrected chi connectivity index (χ1v) is 9.99. The van der Waals surface area contributed by atoms with Crippen molar-refractivity contribution in [3.63, 3.8) is 0 Å². The van der Waals surface area contributed by atoms with Crippen LogP contribution in [0.2, 0.25) is 0 Å². The molecule has 1 unspecified atom stereocenters. The highest BCUT2D eigenvalue weighted by atomic mass is 32.2. The Labute approximate surface area is 126 Å². The van der Waals surface area contributed by atoms with E-state index in [4.69, 9.17) is 0 Å². The summed E-state index contributed by atoms with van der Waals surface area (Å²) in [5.74, 6) is -0.195. The maximum Gasteiger partial charge on any atom is 0.240 e. The van der Waals surface area contributed by atoms with Crippen LogP contribution in [-0.2, 0) is 19.9 Å². The molecule has 0 aliphatic heterocycles. The highest BCUT2D eigenvalue weighted by molar-refractivity contribution is 7.91. The molecule has 0 aliphatic rings. The molecule has 2 N–H and O–H groups in total. The average molecular weight is 334 g/mol. The van der Waals surface area contributed by atoms with Crippen LogP contribution in [0, 0.1) is 0 Å². The van der Waals surface area contributed by atoms with Gasteiger partial charge in [0.05, 0.1) is 10.6 Å². The zero-order valence-corrected chi connectivity index (χ0v) is 14.1. The smallest absolute Gasteiger partial charge is 0.240 e. The fourth-order valence-corrected chi connectivity index (χ4v) is 3.59. The SMILES string of the molecule is CCS(=O)(=O)CCNS(=O)(=O)c1cccc(C(C)NC)c1. The molecule has 0 radical (unpaired) electrons. The van der Waals surface area contributed by atoms with Gasteiger partial charge in [0.15, 0.2) is 9.84 Å². The minimum Gasteiger partial charge on any atom is -0.313 e. The molecule has 1 aromatic carbocycles. The highest BCUT2D eigenvalue weighted by Crippen LogP contribution is 2.16. The van der Waals surface area contributed by atoms with Crippen LogP contribution >= 0.6 is 0 Å². The number of benzene rings is 1. The summed E-state index contributed by atoms with van der Waals surface area (Å²) >= 11 is 0. The van der Waals surface area contributed by atoms with Crippen LogP contribution in [0.4, 0.5) is 0 Å². The van der Waals surface area contributed by atoms with Crippen LogP contribution in [0.5, 0.6) is 0 Å². The highest BCUT2D eigenvalue weighted by Gasteiger charge is 2.16. The summed E-state index contributed by atoms with van der Waals surface area (Å²) in [5.41, 5.74) is 0.849. The average Bonchev–Trinajstić information content (AvgIpc) is 2.46. The number of hydrogen-bond donors (Lipinski definition) is 2. The first-order chi connectivity index (χ1) is 9.72. The normalized spacial score (nSPS) is 14.0. The van der Waals surface area contributed by atoms with E-state index in [9.17, 15) is 16.8 Å². The molecule has 8 heteroatoms. The van der Waals surface area contributed by atoms with E-state index in [1.165, 1.54) is 13.0 Å². The quantitative estimate of drug-likeness (QED) is 0.729. The fourth-order valence-electron chi connectivity index (χ4n) is 1.68. The van der Waals surface area contributed by atoms with E-state index in [1.54, 1.807) is 19.2 Å². The lowest BCUT2D eigenvalue weighted by Crippen LogP contribution is -2.29. The maximum absolute atomic E-state index is 12.1. The molecule has 0 aliphatic carbocycles. The molecule has 120 valence electrons. The number of sulfone groups is 1. The van der Waals surface area contributed by atoms with Gasteiger partial charge in [-0.1, -0.05) is 19.1 Å². The van der Waals surface area contributed by atoms with E-state index in [2.05, 4.69) is 10.0 Å². The predicted molar refractivity (Wildman–Crippen MR) is 83.4 cm³/mol. The molecule has 1 atom stereocenters. The van der Waals surface area contributed by atoms with Gasteiger partial charge in [0.1, 0.15) is 0 Å². The van der Waals surface area contributed by atoms with Crippen molar-refractivity contribution in [3.05, 3.63) is 29.8 Å². The lowest BCUT2D eigenvalue weighted by molar-refractivity contribution is 0.580. The van der Waals surface area contributed by atoms with Crippen LogP contribution in [0.3, 0.4) is 0 Å². The topological polar surface area (TPSA) is 92.3 Å². The number of hydrogen-bond acceptors (Lipinski definition) is 5. The van der Waals surface area contributed by atoms with E-state index in [0.29, 0.717) is 0 Å². The van der Waals surface area contributed by atoms with Gasteiger partial charge in [-0.25, -0.2) is 21.6 Å². The van der Waals surface area contributed by atoms with Crippen molar-refractivity contribution in [1.29, 1.82) is 0 Å². The van der Waals surface area contributed by atoms with Crippen molar-refractivity contribution in [2.45, 2.75) is 24.8 Å². The lowest BCUT2D eigenvalue weighted by atomic mass is 10.1. The van der Waals surface area contributed by atoms with Gasteiger partial charge in [-0.2, -0.15) is 0 Å². The van der Waals surface area contributed by atoms with Crippen LogP contribution in [0.15, 0.2) is 29.2 Å². The molecule has 1 aromatic rings. The summed E-state index contributed by atoms with van der Waals surface area (Å²) in [6, 6.07) is 6.60. The summed E-state index contributed by atoms with van der Waals surface area (Å²) in [6.07, 6.45) is 0. The Kier molecular flexibility index (Phi) is 6.33. The van der Waals surface area contributed by atoms with Gasteiger partial charge < -0.3 is 5.32 Å². The van der Waals surface area contributed by atoms with Crippen molar-refractivity contribution < 1.29 is 16.8 Å². The van der Waals surface area contributed by atoms with Gasteiger partial charge in [0.2, 0.25) is 10.0 Å². The Bertz CT molecular complexity index is 669. The third kappa shape index (κ3) is 5.39. The van der Waals surface area contributed by atoms with E-state index < -0.39 is 19.9 Å². The molecule has 0 fully saturated rings. The van der Waals surface area contributed by atoms with Gasteiger partial charge in [0, 0.05) is 18.3 Å². The molecule has 1 rings (SSSR count). The molecule has 0 spiro atoms. The molecule has 6 nitrogen and oxygen atoms in total. The summed E-state index contributed by atoms with van der Waals surface area (Å²) in [6.45, 7) is 3.34. The van der Waals surface area contributed by atoms with Crippen molar-refractivity contribution >= 4 is 19.9 Å². The summed E-state index contributed by atoms with van der Waals surface area (Å²) in [4.78, 5) is 0.135. The first-order valence-electron chi connectivity index (χ1n) is 6.69. The van der Waals surface area contributed by atoms with E-state index in [1.807, 2.05) is 13.0 Å². The number of sulfonamides is 1. The second kappa shape index (κ2) is 7.35. The third-order valence-electron chi connectivity index (χ3n) is 3.25. The monoisotopic (exact) mass is 334 g/mol. The summed E-state index contributed by atoms with van der Waals surface area (Å²) in [7, 11) is -5.09. The first kappa shape index (κ1) is 18.1. The van der Waals surface area contributed by atoms with Crippen molar-refractivity contribution in [1.82, 2.24) is 10.0 Å². The molecule has 0 saturated carbocycles. The van der Waals surface area contributed by atoms with Gasteiger partial charge >= 0.3 is 0 Å². The van der Waals surface area contributed by atoms with Gasteiger partial charge in [-0.3, -0.25) is 0 Å². The van der Waals surface area contributed by atoms with Gasteiger partial charge in [0.25, 0.3) is 0 Å². The largest absolute Gasteiger partial charge is 0.313 e. The van der Waals surface area contributed by atoms with E-state index >= 15 is 0 Å². The van der Waals surface area contributed by atoms with Crippen molar-refractivity contribution in [3.8, 4) is 0 Å². The molecule has 0 saturated heterocycles. The minimum absolute atomic E-state index is 0.00387. The molecule has 0 bridgehead atoms. The van der Waals surface area contributed by atoms with Crippen molar-refractivity contribution in [2.24, 2.45) is 0 Å². The third-order valence-corrected chi connectivity index (χ3v) is 6.41. The second-order valence-corrected chi connectivity index (χ2v) is 8.96. The molecule has 21 heavy (non-hydrogen) atoms. The van der Waals surface area contributed by atoms with Crippen LogP contribution in [0.25, 0.3) is 0 Å². The molecule has 0 aromatic heterocycles. The molecule has 0 heterocycles. The Balaban J connectivity index is 2.84. The lowest BCUT2D eigenvalue weighted by Gasteiger charge is -2.12. The van der Waals surface area contributed by atoms with E-state index in [-0.39, 0.29) is 29.0 Å². The maximum atomic E-state index is 12.1. The summed E-state index contributed by atoms with van der Waals surface area (Å²) in [5, 5.41) is 3.04. The zero-order chi connectivity index (χ0) is 16.1. The van der Waals surface area contributed by atoms with Gasteiger partial charge in [-0.15, -0.1) is 0 Å². The molecular formula is C13H22N2O4S2. The standard InChI is InChI=1S/C13H22N2O4S2/c1-4-20(16,17)9-8-15-21(18,19)13-7-5-6-12(10-13)11(2)14-3/h5-7,10-11,14-15H,4,8-9H2,1-3H3. The fraction of sp³-hybridized carbons (Fsp3) is 0.538. The zero-order valence-electron chi connectivity index (χ0n) is 12.5. The number of nitrogens with one attached hydrogen (secondary N) is 2. The van der Waals surface area contributed by atoms with Crippen LogP contribution in [-0.4, -0.2) is 41.9 Å². The molecule has 0 amide bonds. The summed E-state index contributed by atoms with van der Waals surface area (Å²) < 4.78 is 49.3. The Morgan fingerprint density at radius 3 is 2.43 bits per heavy atom.